The third-order valence-corrected chi connectivity index (χ3v) is 6.48. The number of urea groups is 1. The Morgan fingerprint density at radius 3 is 2.36 bits per heavy atom. The fraction of sp³-hybridized carbons (Fsp3) is 0.333. The van der Waals surface area contributed by atoms with Gasteiger partial charge in [-0.05, 0) is 30.7 Å². The molecule has 0 aliphatic carbocycles. The van der Waals surface area contributed by atoms with Crippen molar-refractivity contribution in [3.05, 3.63) is 75.4 Å². The van der Waals surface area contributed by atoms with Crippen LogP contribution in [0.15, 0.2) is 59.8 Å². The lowest BCUT2D eigenvalue weighted by atomic mass is 9.94. The molecule has 2 aromatic carbocycles. The number of anilines is 1. The van der Waals surface area contributed by atoms with Gasteiger partial charge in [0.05, 0.1) is 28.9 Å². The second kappa shape index (κ2) is 10.5. The first-order chi connectivity index (χ1) is 16.0. The number of piperazine rings is 1. The smallest absolute Gasteiger partial charge is 0.338 e. The minimum Gasteiger partial charge on any atom is -0.463 e. The summed E-state index contributed by atoms with van der Waals surface area (Å²) in [6.07, 6.45) is 0. The Hall–Kier alpha value is -2.74. The summed E-state index contributed by atoms with van der Waals surface area (Å²) < 4.78 is 5.34. The summed E-state index contributed by atoms with van der Waals surface area (Å²) >= 11 is 12.8. The van der Waals surface area contributed by atoms with E-state index in [4.69, 9.17) is 27.9 Å². The van der Waals surface area contributed by atoms with Crippen LogP contribution in [0.4, 0.5) is 10.5 Å². The predicted octanol–water partition coefficient (Wildman–Crippen LogP) is 3.99. The largest absolute Gasteiger partial charge is 0.463 e. The summed E-state index contributed by atoms with van der Waals surface area (Å²) in [7, 11) is 0. The van der Waals surface area contributed by atoms with Crippen molar-refractivity contribution >= 4 is 40.9 Å². The highest BCUT2D eigenvalue weighted by molar-refractivity contribution is 6.33. The molecular formula is C24H26Cl2N4O3. The molecule has 7 nitrogen and oxygen atoms in total. The Kier molecular flexibility index (Phi) is 7.42. The minimum absolute atomic E-state index is 0.231. The number of carbonyl (C=O) groups excluding carboxylic acids is 2. The molecule has 0 spiro atoms. The van der Waals surface area contributed by atoms with Gasteiger partial charge in [-0.15, -0.1) is 0 Å². The molecule has 2 amide bonds. The SMILES string of the molecule is CCOC(=O)C1=C(CN2CCN(c3ccccc3Cl)CC2)NC(=O)N[C@@H]1c1ccccc1Cl. The van der Waals surface area contributed by atoms with E-state index in [9.17, 15) is 9.59 Å². The molecule has 2 aromatic rings. The normalized spacial score (nSPS) is 19.2. The molecule has 2 aliphatic rings. The molecule has 1 saturated heterocycles. The van der Waals surface area contributed by atoms with Crippen LogP contribution < -0.4 is 15.5 Å². The van der Waals surface area contributed by atoms with Gasteiger partial charge in [-0.1, -0.05) is 53.5 Å². The molecule has 1 atom stereocenters. The zero-order valence-electron chi connectivity index (χ0n) is 18.3. The number of esters is 1. The Bertz CT molecular complexity index is 1070. The maximum atomic E-state index is 13.0. The Morgan fingerprint density at radius 1 is 1.03 bits per heavy atom. The van der Waals surface area contributed by atoms with Crippen LogP contribution in [-0.2, 0) is 9.53 Å². The number of hydrogen-bond donors (Lipinski definition) is 2. The van der Waals surface area contributed by atoms with Crippen LogP contribution in [0.25, 0.3) is 0 Å². The number of hydrogen-bond acceptors (Lipinski definition) is 5. The first-order valence-electron chi connectivity index (χ1n) is 10.9. The van der Waals surface area contributed by atoms with E-state index in [1.165, 1.54) is 0 Å². The van der Waals surface area contributed by atoms with E-state index in [1.807, 2.05) is 36.4 Å². The molecule has 2 heterocycles. The molecular weight excluding hydrogens is 463 g/mol. The number of para-hydroxylation sites is 1. The number of rotatable bonds is 6. The van der Waals surface area contributed by atoms with Crippen molar-refractivity contribution in [2.45, 2.75) is 13.0 Å². The summed E-state index contributed by atoms with van der Waals surface area (Å²) in [6.45, 7) is 5.48. The van der Waals surface area contributed by atoms with Gasteiger partial charge in [0.15, 0.2) is 0 Å². The van der Waals surface area contributed by atoms with Crippen molar-refractivity contribution in [2.75, 3.05) is 44.2 Å². The molecule has 0 aromatic heterocycles. The van der Waals surface area contributed by atoms with Crippen LogP contribution in [0.5, 0.6) is 0 Å². The van der Waals surface area contributed by atoms with Crippen LogP contribution in [0.3, 0.4) is 0 Å². The highest BCUT2D eigenvalue weighted by Crippen LogP contribution is 2.33. The summed E-state index contributed by atoms with van der Waals surface area (Å²) in [5.41, 5.74) is 2.57. The van der Waals surface area contributed by atoms with Gasteiger partial charge in [0.2, 0.25) is 0 Å². The average Bonchev–Trinajstić information content (AvgIpc) is 2.80. The number of amides is 2. The van der Waals surface area contributed by atoms with Crippen LogP contribution >= 0.6 is 23.2 Å². The van der Waals surface area contributed by atoms with E-state index >= 15 is 0 Å². The van der Waals surface area contributed by atoms with Gasteiger partial charge >= 0.3 is 12.0 Å². The summed E-state index contributed by atoms with van der Waals surface area (Å²) in [5, 5.41) is 6.86. The molecule has 4 rings (SSSR count). The zero-order chi connectivity index (χ0) is 23.4. The van der Waals surface area contributed by atoms with Crippen molar-refractivity contribution < 1.29 is 14.3 Å². The topological polar surface area (TPSA) is 73.9 Å². The second-order valence-corrected chi connectivity index (χ2v) is 8.69. The number of ether oxygens (including phenoxy) is 1. The average molecular weight is 489 g/mol. The van der Waals surface area contributed by atoms with Gasteiger partial charge in [0.25, 0.3) is 0 Å². The van der Waals surface area contributed by atoms with Crippen LogP contribution in [0.1, 0.15) is 18.5 Å². The van der Waals surface area contributed by atoms with E-state index in [2.05, 4.69) is 20.4 Å². The van der Waals surface area contributed by atoms with Gasteiger partial charge < -0.3 is 20.3 Å². The highest BCUT2D eigenvalue weighted by Gasteiger charge is 2.35. The second-order valence-electron chi connectivity index (χ2n) is 7.88. The van der Waals surface area contributed by atoms with Crippen molar-refractivity contribution in [1.82, 2.24) is 15.5 Å². The Labute approximate surface area is 203 Å². The van der Waals surface area contributed by atoms with E-state index < -0.39 is 12.0 Å². The van der Waals surface area contributed by atoms with Crippen molar-refractivity contribution in [1.29, 1.82) is 0 Å². The third-order valence-electron chi connectivity index (χ3n) is 5.81. The van der Waals surface area contributed by atoms with Crippen LogP contribution in [0.2, 0.25) is 10.0 Å². The molecule has 9 heteroatoms. The fourth-order valence-corrected chi connectivity index (χ4v) is 4.71. The van der Waals surface area contributed by atoms with Crippen LogP contribution in [-0.4, -0.2) is 56.2 Å². The van der Waals surface area contributed by atoms with Gasteiger partial charge in [-0.25, -0.2) is 9.59 Å². The van der Waals surface area contributed by atoms with Gasteiger partial charge in [0.1, 0.15) is 0 Å². The lowest BCUT2D eigenvalue weighted by Gasteiger charge is -2.38. The van der Waals surface area contributed by atoms with E-state index in [0.29, 0.717) is 28.4 Å². The molecule has 0 radical (unpaired) electrons. The standard InChI is InChI=1S/C24H26Cl2N4O3/c1-2-33-23(31)21-19(27-24(32)28-22(21)16-7-3-4-8-17(16)25)15-29-11-13-30(14-12-29)20-10-6-5-9-18(20)26/h3-10,22H,2,11-15H2,1H3,(H2,27,28,32)/t22-/m1/s1. The minimum atomic E-state index is -0.689. The number of nitrogens with zero attached hydrogens (tertiary/aromatic N) is 2. The number of benzene rings is 2. The number of halogens is 2. The molecule has 1 fully saturated rings. The Morgan fingerprint density at radius 2 is 1.70 bits per heavy atom. The highest BCUT2D eigenvalue weighted by atomic mass is 35.5. The molecule has 33 heavy (non-hydrogen) atoms. The van der Waals surface area contributed by atoms with Gasteiger partial charge in [-0.3, -0.25) is 4.90 Å². The van der Waals surface area contributed by atoms with Gasteiger partial charge in [0, 0.05) is 43.4 Å². The van der Waals surface area contributed by atoms with E-state index in [1.54, 1.807) is 19.1 Å². The summed E-state index contributed by atoms with van der Waals surface area (Å²) in [4.78, 5) is 29.9. The van der Waals surface area contributed by atoms with Crippen molar-refractivity contribution in [2.24, 2.45) is 0 Å². The first-order valence-corrected chi connectivity index (χ1v) is 11.7. The third kappa shape index (κ3) is 5.27. The maximum Gasteiger partial charge on any atom is 0.338 e. The van der Waals surface area contributed by atoms with Gasteiger partial charge in [-0.2, -0.15) is 0 Å². The molecule has 0 saturated carbocycles. The quantitative estimate of drug-likeness (QED) is 0.601. The van der Waals surface area contributed by atoms with Crippen molar-refractivity contribution in [3.63, 3.8) is 0 Å². The monoisotopic (exact) mass is 488 g/mol. The Balaban J connectivity index is 1.57. The number of nitrogens with one attached hydrogen (secondary N) is 2. The number of carbonyl (C=O) groups is 2. The lowest BCUT2D eigenvalue weighted by Crippen LogP contribution is -2.52. The van der Waals surface area contributed by atoms with Crippen LogP contribution in [0, 0.1) is 0 Å². The zero-order valence-corrected chi connectivity index (χ0v) is 19.8. The summed E-state index contributed by atoms with van der Waals surface area (Å²) in [6, 6.07) is 13.9. The molecule has 2 aliphatic heterocycles. The molecule has 2 N–H and O–H groups in total. The molecule has 0 unspecified atom stereocenters. The summed E-state index contributed by atoms with van der Waals surface area (Å²) in [5.74, 6) is -0.473. The fourth-order valence-electron chi connectivity index (χ4n) is 4.21. The molecule has 0 bridgehead atoms. The van der Waals surface area contributed by atoms with E-state index in [-0.39, 0.29) is 12.6 Å². The molecule has 174 valence electrons. The van der Waals surface area contributed by atoms with Crippen molar-refractivity contribution in [3.8, 4) is 0 Å². The predicted molar refractivity (Wildman–Crippen MR) is 130 cm³/mol. The lowest BCUT2D eigenvalue weighted by molar-refractivity contribution is -0.139. The van der Waals surface area contributed by atoms with E-state index in [0.717, 1.165) is 36.9 Å². The maximum absolute atomic E-state index is 13.0. The first kappa shape index (κ1) is 23.4.